The number of aldehydes is 1. The first-order valence-corrected chi connectivity index (χ1v) is 12.4. The minimum atomic E-state index is -0.0201. The molecule has 0 heterocycles. The molecule has 0 aliphatic heterocycles. The van der Waals surface area contributed by atoms with E-state index in [4.69, 9.17) is 14.3 Å². The fraction of sp³-hybridized carbons (Fsp3) is 0.517. The van der Waals surface area contributed by atoms with Crippen LogP contribution in [0.25, 0.3) is 0 Å². The third-order valence-electron chi connectivity index (χ3n) is 4.32. The second-order valence-electron chi connectivity index (χ2n) is 8.10. The molecule has 0 fully saturated rings. The SMILES string of the molecule is CC(=O)NCCOCc1ccccc1.CC=O.CCC.CNC(COCc1ccccc1)C(C)C. The highest BCUT2D eigenvalue weighted by Gasteiger charge is 2.10. The number of likely N-dealkylation sites (N-methyl/N-ethyl adjacent to an activating group) is 1. The predicted octanol–water partition coefficient (Wildman–Crippen LogP) is 5.41. The summed E-state index contributed by atoms with van der Waals surface area (Å²) in [5, 5.41) is 5.93. The first kappa shape index (κ1) is 34.6. The zero-order valence-corrected chi connectivity index (χ0v) is 22.9. The first-order valence-electron chi connectivity index (χ1n) is 12.4. The Morgan fingerprint density at radius 1 is 0.914 bits per heavy atom. The molecular weight excluding hydrogens is 440 g/mol. The molecule has 0 saturated heterocycles. The molecule has 1 atom stereocenters. The molecule has 198 valence electrons. The van der Waals surface area contributed by atoms with Gasteiger partial charge in [-0.2, -0.15) is 0 Å². The third kappa shape index (κ3) is 24.4. The Kier molecular flexibility index (Phi) is 25.8. The van der Waals surface area contributed by atoms with E-state index in [1.54, 1.807) is 0 Å². The van der Waals surface area contributed by atoms with Crippen molar-refractivity contribution in [3.63, 3.8) is 0 Å². The molecule has 2 aromatic rings. The van der Waals surface area contributed by atoms with Crippen molar-refractivity contribution >= 4 is 12.2 Å². The number of benzene rings is 2. The number of rotatable bonds is 11. The molecular formula is C29H48N2O4. The lowest BCUT2D eigenvalue weighted by atomic mass is 10.1. The largest absolute Gasteiger partial charge is 0.375 e. The first-order chi connectivity index (χ1) is 16.9. The van der Waals surface area contributed by atoms with Crippen molar-refractivity contribution < 1.29 is 19.1 Å². The highest BCUT2D eigenvalue weighted by molar-refractivity contribution is 5.72. The fourth-order valence-electron chi connectivity index (χ4n) is 2.55. The maximum Gasteiger partial charge on any atom is 0.216 e. The Hall–Kier alpha value is -2.54. The smallest absolute Gasteiger partial charge is 0.216 e. The van der Waals surface area contributed by atoms with Gasteiger partial charge in [-0.3, -0.25) is 4.79 Å². The van der Waals surface area contributed by atoms with Gasteiger partial charge in [-0.05, 0) is 31.0 Å². The minimum absolute atomic E-state index is 0.0201. The van der Waals surface area contributed by atoms with E-state index in [1.807, 2.05) is 55.6 Å². The highest BCUT2D eigenvalue weighted by atomic mass is 16.5. The number of hydrogen-bond donors (Lipinski definition) is 2. The van der Waals surface area contributed by atoms with Gasteiger partial charge in [-0.15, -0.1) is 0 Å². The average molecular weight is 489 g/mol. The van der Waals surface area contributed by atoms with Gasteiger partial charge in [0.05, 0.1) is 26.4 Å². The van der Waals surface area contributed by atoms with Crippen LogP contribution in [0.5, 0.6) is 0 Å². The van der Waals surface area contributed by atoms with Crippen LogP contribution in [0.4, 0.5) is 0 Å². The van der Waals surface area contributed by atoms with E-state index in [0.717, 1.165) is 18.5 Å². The molecule has 1 amide bonds. The Bertz CT molecular complexity index is 709. The van der Waals surface area contributed by atoms with E-state index < -0.39 is 0 Å². The van der Waals surface area contributed by atoms with Crippen LogP contribution >= 0.6 is 0 Å². The number of ether oxygens (including phenoxy) is 2. The lowest BCUT2D eigenvalue weighted by Gasteiger charge is -2.19. The van der Waals surface area contributed by atoms with E-state index in [-0.39, 0.29) is 5.91 Å². The van der Waals surface area contributed by atoms with Gasteiger partial charge in [0.15, 0.2) is 0 Å². The summed E-state index contributed by atoms with van der Waals surface area (Å²) in [6.45, 7) is 14.8. The maximum absolute atomic E-state index is 10.5. The number of carbonyl (C=O) groups is 2. The molecule has 35 heavy (non-hydrogen) atoms. The zero-order chi connectivity index (χ0) is 26.7. The van der Waals surface area contributed by atoms with Crippen molar-refractivity contribution in [2.75, 3.05) is 26.8 Å². The zero-order valence-electron chi connectivity index (χ0n) is 22.9. The lowest BCUT2D eigenvalue weighted by Crippen LogP contribution is -2.35. The van der Waals surface area contributed by atoms with E-state index in [0.29, 0.717) is 38.3 Å². The second-order valence-corrected chi connectivity index (χ2v) is 8.10. The Morgan fingerprint density at radius 3 is 1.71 bits per heavy atom. The quantitative estimate of drug-likeness (QED) is 0.327. The summed E-state index contributed by atoms with van der Waals surface area (Å²) in [5.74, 6) is 0.582. The van der Waals surface area contributed by atoms with Crippen LogP contribution in [0.2, 0.25) is 0 Å². The van der Waals surface area contributed by atoms with Gasteiger partial charge in [-0.1, -0.05) is 94.8 Å². The van der Waals surface area contributed by atoms with Gasteiger partial charge in [0.2, 0.25) is 5.91 Å². The molecule has 0 saturated carbocycles. The maximum atomic E-state index is 10.5. The summed E-state index contributed by atoms with van der Waals surface area (Å²) in [6, 6.07) is 20.7. The Morgan fingerprint density at radius 2 is 1.34 bits per heavy atom. The van der Waals surface area contributed by atoms with Gasteiger partial charge in [0.25, 0.3) is 0 Å². The standard InChI is InChI=1S/C13H21NO.C11H15NO2.C3H8.C2H4O/c1-11(2)13(14-3)10-15-9-12-7-5-4-6-8-12;1-10(13)12-7-8-14-9-11-5-3-2-4-6-11;1-3-2;1-2-3/h4-8,11,13-14H,9-10H2,1-3H3;2-6H,7-9H2,1H3,(H,12,13);3H2,1-2H3;2H,1H3. The van der Waals surface area contributed by atoms with E-state index in [1.165, 1.54) is 25.8 Å². The highest BCUT2D eigenvalue weighted by Crippen LogP contribution is 2.05. The van der Waals surface area contributed by atoms with Crippen LogP contribution in [0.1, 0.15) is 59.1 Å². The van der Waals surface area contributed by atoms with Crippen LogP contribution in [0.15, 0.2) is 60.7 Å². The summed E-state index contributed by atoms with van der Waals surface area (Å²) >= 11 is 0. The lowest BCUT2D eigenvalue weighted by molar-refractivity contribution is -0.119. The predicted molar refractivity (Wildman–Crippen MR) is 146 cm³/mol. The van der Waals surface area contributed by atoms with E-state index in [2.05, 4.69) is 50.5 Å². The molecule has 0 aromatic heterocycles. The van der Waals surface area contributed by atoms with Crippen molar-refractivity contribution in [3.05, 3.63) is 71.8 Å². The molecule has 0 spiro atoms. The van der Waals surface area contributed by atoms with E-state index in [9.17, 15) is 4.79 Å². The normalized spacial score (nSPS) is 10.4. The van der Waals surface area contributed by atoms with Crippen LogP contribution in [0, 0.1) is 5.92 Å². The fourth-order valence-corrected chi connectivity index (χ4v) is 2.55. The van der Waals surface area contributed by atoms with Gasteiger partial charge in [-0.25, -0.2) is 0 Å². The number of nitrogens with one attached hydrogen (secondary N) is 2. The molecule has 0 aliphatic rings. The molecule has 0 radical (unpaired) electrons. The molecule has 6 heteroatoms. The van der Waals surface area contributed by atoms with Crippen LogP contribution in [0.3, 0.4) is 0 Å². The van der Waals surface area contributed by atoms with Crippen molar-refractivity contribution in [2.24, 2.45) is 5.92 Å². The van der Waals surface area contributed by atoms with Gasteiger partial charge < -0.3 is 24.9 Å². The van der Waals surface area contributed by atoms with Crippen LogP contribution in [-0.2, 0) is 32.3 Å². The molecule has 0 aliphatic carbocycles. The Labute approximate surface area is 213 Å². The summed E-state index contributed by atoms with van der Waals surface area (Å²) in [7, 11) is 1.98. The van der Waals surface area contributed by atoms with Gasteiger partial charge in [0, 0.05) is 19.5 Å². The molecule has 0 bridgehead atoms. The summed E-state index contributed by atoms with van der Waals surface area (Å²) in [4.78, 5) is 19.3. The third-order valence-corrected chi connectivity index (χ3v) is 4.32. The molecule has 2 rings (SSSR count). The molecule has 2 aromatic carbocycles. The van der Waals surface area contributed by atoms with Crippen molar-refractivity contribution in [2.45, 2.75) is 67.2 Å². The van der Waals surface area contributed by atoms with Crippen molar-refractivity contribution in [1.82, 2.24) is 10.6 Å². The summed E-state index contributed by atoms with van der Waals surface area (Å²) in [6.07, 6.45) is 2.00. The number of carbonyl (C=O) groups excluding carboxylic acids is 2. The summed E-state index contributed by atoms with van der Waals surface area (Å²) < 4.78 is 11.0. The number of hydrogen-bond acceptors (Lipinski definition) is 5. The topological polar surface area (TPSA) is 76.7 Å². The molecule has 6 nitrogen and oxygen atoms in total. The monoisotopic (exact) mass is 488 g/mol. The molecule has 2 N–H and O–H groups in total. The minimum Gasteiger partial charge on any atom is -0.375 e. The van der Waals surface area contributed by atoms with Crippen LogP contribution in [-0.4, -0.2) is 45.0 Å². The van der Waals surface area contributed by atoms with Crippen LogP contribution < -0.4 is 10.6 Å². The second kappa shape index (κ2) is 26.1. The van der Waals surface area contributed by atoms with E-state index >= 15 is 0 Å². The van der Waals surface area contributed by atoms with Gasteiger partial charge >= 0.3 is 0 Å². The number of amides is 1. The average Bonchev–Trinajstić information content (AvgIpc) is 2.84. The molecule has 1 unspecified atom stereocenters. The van der Waals surface area contributed by atoms with Gasteiger partial charge in [0.1, 0.15) is 6.29 Å². The van der Waals surface area contributed by atoms with Crippen molar-refractivity contribution in [1.29, 1.82) is 0 Å². The van der Waals surface area contributed by atoms with Crippen molar-refractivity contribution in [3.8, 4) is 0 Å². The Balaban J connectivity index is 0. The summed E-state index contributed by atoms with van der Waals surface area (Å²) in [5.41, 5.74) is 2.38.